The van der Waals surface area contributed by atoms with Crippen molar-refractivity contribution in [3.05, 3.63) is 29.6 Å². The fraction of sp³-hybridized carbons (Fsp3) is 0.625. The van der Waals surface area contributed by atoms with Gasteiger partial charge in [0.1, 0.15) is 6.61 Å². The molecule has 0 spiro atoms. The summed E-state index contributed by atoms with van der Waals surface area (Å²) in [7, 11) is 0. The minimum atomic E-state index is -0.308. The summed E-state index contributed by atoms with van der Waals surface area (Å²) in [6.07, 6.45) is 2.03. The van der Waals surface area contributed by atoms with E-state index in [9.17, 15) is 4.39 Å². The van der Waals surface area contributed by atoms with E-state index in [1.807, 2.05) is 13.0 Å². The smallest absolute Gasteiger partial charge is 0.165 e. The maximum Gasteiger partial charge on any atom is 0.165 e. The van der Waals surface area contributed by atoms with Crippen molar-refractivity contribution < 1.29 is 13.9 Å². The number of halogens is 1. The predicted octanol–water partition coefficient (Wildman–Crippen LogP) is 3.27. The number of nitrogens with one attached hydrogen (secondary N) is 1. The zero-order valence-electron chi connectivity index (χ0n) is 12.5. The Balaban J connectivity index is 1.98. The molecule has 0 saturated carbocycles. The predicted molar refractivity (Wildman–Crippen MR) is 77.5 cm³/mol. The van der Waals surface area contributed by atoms with Crippen LogP contribution in [0.3, 0.4) is 0 Å². The number of rotatable bonds is 6. The monoisotopic (exact) mass is 281 g/mol. The zero-order valence-corrected chi connectivity index (χ0v) is 12.5. The Bertz CT molecular complexity index is 448. The van der Waals surface area contributed by atoms with Crippen molar-refractivity contribution in [2.75, 3.05) is 13.2 Å². The van der Waals surface area contributed by atoms with Gasteiger partial charge in [-0.05, 0) is 39.3 Å². The first-order valence-corrected chi connectivity index (χ1v) is 7.30. The Morgan fingerprint density at radius 1 is 1.45 bits per heavy atom. The van der Waals surface area contributed by atoms with Gasteiger partial charge in [-0.25, -0.2) is 4.39 Å². The molecular weight excluding hydrogens is 257 g/mol. The van der Waals surface area contributed by atoms with Crippen molar-refractivity contribution in [3.63, 3.8) is 0 Å². The van der Waals surface area contributed by atoms with Crippen molar-refractivity contribution in [2.24, 2.45) is 0 Å². The summed E-state index contributed by atoms with van der Waals surface area (Å²) >= 11 is 0. The van der Waals surface area contributed by atoms with Crippen LogP contribution in [0.4, 0.5) is 4.39 Å². The van der Waals surface area contributed by atoms with Crippen LogP contribution in [0.2, 0.25) is 0 Å². The molecule has 0 aliphatic carbocycles. The molecule has 1 unspecified atom stereocenters. The number of benzene rings is 1. The van der Waals surface area contributed by atoms with Gasteiger partial charge in [0.15, 0.2) is 11.6 Å². The van der Waals surface area contributed by atoms with Crippen molar-refractivity contribution in [3.8, 4) is 5.75 Å². The maximum atomic E-state index is 13.9. The molecule has 20 heavy (non-hydrogen) atoms. The minimum absolute atomic E-state index is 0.0524. The van der Waals surface area contributed by atoms with Crippen LogP contribution in [-0.4, -0.2) is 24.9 Å². The van der Waals surface area contributed by atoms with Crippen LogP contribution >= 0.6 is 0 Å². The van der Waals surface area contributed by atoms with Crippen LogP contribution < -0.4 is 10.1 Å². The minimum Gasteiger partial charge on any atom is -0.487 e. The first-order chi connectivity index (χ1) is 9.52. The van der Waals surface area contributed by atoms with E-state index in [-0.39, 0.29) is 17.5 Å². The first kappa shape index (κ1) is 15.3. The summed E-state index contributed by atoms with van der Waals surface area (Å²) in [4.78, 5) is 0. The normalized spacial score (nSPS) is 21.1. The van der Waals surface area contributed by atoms with Gasteiger partial charge in [-0.2, -0.15) is 0 Å². The second kappa shape index (κ2) is 6.55. The highest BCUT2D eigenvalue weighted by molar-refractivity contribution is 5.35. The summed E-state index contributed by atoms with van der Waals surface area (Å²) in [6, 6.07) is 5.04. The second-order valence-corrected chi connectivity index (χ2v) is 5.86. The SMILES string of the molecule is CCNCc1cccc(F)c1OCC1CCC(C)(C)O1. The summed E-state index contributed by atoms with van der Waals surface area (Å²) in [5, 5.41) is 3.20. The molecule has 0 amide bonds. The largest absolute Gasteiger partial charge is 0.487 e. The van der Waals surface area contributed by atoms with E-state index in [1.54, 1.807) is 6.07 Å². The second-order valence-electron chi connectivity index (χ2n) is 5.86. The molecule has 1 fully saturated rings. The highest BCUT2D eigenvalue weighted by Crippen LogP contribution is 2.30. The third-order valence-corrected chi connectivity index (χ3v) is 3.58. The summed E-state index contributed by atoms with van der Waals surface area (Å²) in [5.74, 6) is 0.0411. The van der Waals surface area contributed by atoms with E-state index < -0.39 is 0 Å². The van der Waals surface area contributed by atoms with Gasteiger partial charge < -0.3 is 14.8 Å². The molecule has 4 heteroatoms. The molecular formula is C16H24FNO2. The first-order valence-electron chi connectivity index (χ1n) is 7.30. The standard InChI is InChI=1S/C16H24FNO2/c1-4-18-10-12-6-5-7-14(17)15(12)19-11-13-8-9-16(2,3)20-13/h5-7,13,18H,4,8-11H2,1-3H3. The molecule has 1 aromatic rings. The van der Waals surface area contributed by atoms with Gasteiger partial charge in [-0.3, -0.25) is 0 Å². The molecule has 1 aliphatic rings. The van der Waals surface area contributed by atoms with Crippen LogP contribution in [0.1, 0.15) is 39.2 Å². The Kier molecular flexibility index (Phi) is 5.00. The Morgan fingerprint density at radius 2 is 2.25 bits per heavy atom. The molecule has 3 nitrogen and oxygen atoms in total. The molecule has 2 rings (SSSR count). The van der Waals surface area contributed by atoms with Crippen molar-refractivity contribution in [1.82, 2.24) is 5.32 Å². The molecule has 1 N–H and O–H groups in total. The molecule has 1 atom stereocenters. The Labute approximate surface area is 120 Å². The van der Waals surface area contributed by atoms with Gasteiger partial charge in [0.2, 0.25) is 0 Å². The molecule has 112 valence electrons. The Hall–Kier alpha value is -1.13. The van der Waals surface area contributed by atoms with Crippen molar-refractivity contribution in [2.45, 2.75) is 51.9 Å². The van der Waals surface area contributed by atoms with Crippen molar-refractivity contribution in [1.29, 1.82) is 0 Å². The van der Waals surface area contributed by atoms with Crippen LogP contribution in [0.5, 0.6) is 5.75 Å². The fourth-order valence-electron chi connectivity index (χ4n) is 2.49. The molecule has 0 radical (unpaired) electrons. The lowest BCUT2D eigenvalue weighted by molar-refractivity contribution is -0.0331. The van der Waals surface area contributed by atoms with E-state index in [0.29, 0.717) is 18.9 Å². The van der Waals surface area contributed by atoms with Gasteiger partial charge in [-0.15, -0.1) is 0 Å². The van der Waals surface area contributed by atoms with Gasteiger partial charge in [0.25, 0.3) is 0 Å². The average Bonchev–Trinajstić information content (AvgIpc) is 2.75. The molecule has 1 heterocycles. The van der Waals surface area contributed by atoms with Crippen LogP contribution in [0.25, 0.3) is 0 Å². The zero-order chi connectivity index (χ0) is 14.6. The number of hydrogen-bond donors (Lipinski definition) is 1. The quantitative estimate of drug-likeness (QED) is 0.868. The summed E-state index contributed by atoms with van der Waals surface area (Å²) in [6.45, 7) is 8.04. The van der Waals surface area contributed by atoms with Crippen molar-refractivity contribution >= 4 is 0 Å². The summed E-state index contributed by atoms with van der Waals surface area (Å²) in [5.41, 5.74) is 0.764. The van der Waals surface area contributed by atoms with Gasteiger partial charge in [0, 0.05) is 12.1 Å². The van der Waals surface area contributed by atoms with E-state index in [1.165, 1.54) is 6.07 Å². The number of para-hydroxylation sites is 1. The molecule has 1 aliphatic heterocycles. The van der Waals surface area contributed by atoms with Gasteiger partial charge in [0.05, 0.1) is 11.7 Å². The molecule has 0 bridgehead atoms. The van der Waals surface area contributed by atoms with Crippen LogP contribution in [-0.2, 0) is 11.3 Å². The lowest BCUT2D eigenvalue weighted by Gasteiger charge is -2.20. The highest BCUT2D eigenvalue weighted by atomic mass is 19.1. The lowest BCUT2D eigenvalue weighted by Crippen LogP contribution is -2.24. The fourth-order valence-corrected chi connectivity index (χ4v) is 2.49. The van der Waals surface area contributed by atoms with E-state index in [0.717, 1.165) is 24.9 Å². The lowest BCUT2D eigenvalue weighted by atomic mass is 10.1. The van der Waals surface area contributed by atoms with E-state index >= 15 is 0 Å². The molecule has 1 saturated heterocycles. The van der Waals surface area contributed by atoms with Gasteiger partial charge in [-0.1, -0.05) is 19.1 Å². The van der Waals surface area contributed by atoms with Crippen LogP contribution in [0.15, 0.2) is 18.2 Å². The number of hydrogen-bond acceptors (Lipinski definition) is 3. The average molecular weight is 281 g/mol. The maximum absolute atomic E-state index is 13.9. The highest BCUT2D eigenvalue weighted by Gasteiger charge is 2.32. The number of ether oxygens (including phenoxy) is 2. The molecule has 1 aromatic carbocycles. The Morgan fingerprint density at radius 3 is 2.90 bits per heavy atom. The summed E-state index contributed by atoms with van der Waals surface area (Å²) < 4.78 is 25.5. The topological polar surface area (TPSA) is 30.5 Å². The molecule has 0 aromatic heterocycles. The van der Waals surface area contributed by atoms with E-state index in [2.05, 4.69) is 19.2 Å². The third-order valence-electron chi connectivity index (χ3n) is 3.58. The van der Waals surface area contributed by atoms with Gasteiger partial charge >= 0.3 is 0 Å². The third kappa shape index (κ3) is 3.93. The van der Waals surface area contributed by atoms with E-state index in [4.69, 9.17) is 9.47 Å². The van der Waals surface area contributed by atoms with Crippen LogP contribution in [0, 0.1) is 5.82 Å².